The second-order valence-electron chi connectivity index (χ2n) is 7.01. The zero-order valence-electron chi connectivity index (χ0n) is 17.1. The quantitative estimate of drug-likeness (QED) is 0.338. The maximum atomic E-state index is 12.3. The highest BCUT2D eigenvalue weighted by molar-refractivity contribution is 9.10. The summed E-state index contributed by atoms with van der Waals surface area (Å²) in [5.41, 5.74) is 3.96. The Labute approximate surface area is 189 Å². The number of aliphatic imine (C=N–C) groups is 1. The molecule has 31 heavy (non-hydrogen) atoms. The van der Waals surface area contributed by atoms with Gasteiger partial charge in [0.15, 0.2) is 17.2 Å². The number of nitrogens with zero attached hydrogens (tertiary/aromatic N) is 1. The van der Waals surface area contributed by atoms with E-state index in [-0.39, 0.29) is 5.70 Å². The van der Waals surface area contributed by atoms with E-state index in [1.807, 2.05) is 67.6 Å². The minimum Gasteiger partial charge on any atom is -0.493 e. The summed E-state index contributed by atoms with van der Waals surface area (Å²) in [4.78, 5) is 16.6. The molecule has 4 rings (SSSR count). The zero-order valence-corrected chi connectivity index (χ0v) is 18.7. The van der Waals surface area contributed by atoms with Crippen LogP contribution in [0.5, 0.6) is 11.5 Å². The lowest BCUT2D eigenvalue weighted by atomic mass is 10.1. The summed E-state index contributed by atoms with van der Waals surface area (Å²) in [6.45, 7) is 2.46. The molecule has 0 saturated heterocycles. The summed E-state index contributed by atoms with van der Waals surface area (Å²) in [7, 11) is 1.58. The molecular weight excluding hydrogens is 458 g/mol. The van der Waals surface area contributed by atoms with Gasteiger partial charge in [-0.1, -0.05) is 48.0 Å². The average Bonchev–Trinajstić information content (AvgIpc) is 3.14. The highest BCUT2D eigenvalue weighted by atomic mass is 79.9. The largest absolute Gasteiger partial charge is 0.493 e. The topological polar surface area (TPSA) is 57.1 Å². The Hall–Kier alpha value is -3.38. The number of esters is 1. The molecule has 0 atom stereocenters. The van der Waals surface area contributed by atoms with Crippen molar-refractivity contribution in [3.8, 4) is 11.5 Å². The predicted octanol–water partition coefficient (Wildman–Crippen LogP) is 5.69. The van der Waals surface area contributed by atoms with Crippen LogP contribution < -0.4 is 9.47 Å². The van der Waals surface area contributed by atoms with Gasteiger partial charge in [-0.25, -0.2) is 9.79 Å². The van der Waals surface area contributed by atoms with Crippen molar-refractivity contribution in [2.45, 2.75) is 13.5 Å². The molecule has 0 aliphatic carbocycles. The first kappa shape index (κ1) is 20.9. The van der Waals surface area contributed by atoms with Gasteiger partial charge >= 0.3 is 5.97 Å². The Balaban J connectivity index is 1.58. The number of halogens is 1. The van der Waals surface area contributed by atoms with Crippen LogP contribution in [-0.2, 0) is 16.1 Å². The minimum absolute atomic E-state index is 0.223. The number of hydrogen-bond acceptors (Lipinski definition) is 5. The number of ether oxygens (including phenoxy) is 3. The van der Waals surface area contributed by atoms with Gasteiger partial charge in [-0.15, -0.1) is 0 Å². The molecule has 1 heterocycles. The van der Waals surface area contributed by atoms with Gasteiger partial charge in [-0.05, 0) is 64.3 Å². The third-order valence-corrected chi connectivity index (χ3v) is 5.29. The van der Waals surface area contributed by atoms with Gasteiger partial charge in [-0.3, -0.25) is 0 Å². The molecule has 0 N–H and O–H groups in total. The number of aryl methyl sites for hydroxylation is 1. The molecule has 0 fully saturated rings. The fourth-order valence-electron chi connectivity index (χ4n) is 3.07. The van der Waals surface area contributed by atoms with E-state index in [0.29, 0.717) is 28.5 Å². The Kier molecular flexibility index (Phi) is 6.18. The molecule has 156 valence electrons. The molecule has 6 heteroatoms. The smallest absolute Gasteiger partial charge is 0.363 e. The number of hydrogen-bond donors (Lipinski definition) is 0. The average molecular weight is 478 g/mol. The molecule has 3 aromatic carbocycles. The summed E-state index contributed by atoms with van der Waals surface area (Å²) in [6, 6.07) is 21.1. The van der Waals surface area contributed by atoms with E-state index in [1.54, 1.807) is 19.3 Å². The van der Waals surface area contributed by atoms with E-state index >= 15 is 0 Å². The van der Waals surface area contributed by atoms with E-state index in [2.05, 4.69) is 20.9 Å². The van der Waals surface area contributed by atoms with Crippen molar-refractivity contribution in [3.05, 3.63) is 99.2 Å². The number of carbonyl (C=O) groups is 1. The highest BCUT2D eigenvalue weighted by Gasteiger charge is 2.24. The maximum absolute atomic E-state index is 12.3. The van der Waals surface area contributed by atoms with Crippen molar-refractivity contribution in [2.24, 2.45) is 4.99 Å². The van der Waals surface area contributed by atoms with Crippen molar-refractivity contribution in [2.75, 3.05) is 7.11 Å². The summed E-state index contributed by atoms with van der Waals surface area (Å²) in [6.07, 6.45) is 1.66. The number of cyclic esters (lactones) is 1. The van der Waals surface area contributed by atoms with Crippen LogP contribution in [0.25, 0.3) is 6.08 Å². The summed E-state index contributed by atoms with van der Waals surface area (Å²) >= 11 is 3.55. The fraction of sp³-hybridized carbons (Fsp3) is 0.120. The Bertz CT molecular complexity index is 1170. The molecule has 0 unspecified atom stereocenters. The summed E-state index contributed by atoms with van der Waals surface area (Å²) in [5, 5.41) is 0. The molecular formula is C25H20BrNO4. The summed E-state index contributed by atoms with van der Waals surface area (Å²) < 4.78 is 17.5. The van der Waals surface area contributed by atoms with Gasteiger partial charge in [-0.2, -0.15) is 0 Å². The van der Waals surface area contributed by atoms with E-state index in [1.165, 1.54) is 5.56 Å². The van der Waals surface area contributed by atoms with Crippen LogP contribution in [0.1, 0.15) is 22.3 Å². The number of carbonyl (C=O) groups excluding carboxylic acids is 1. The van der Waals surface area contributed by atoms with Crippen molar-refractivity contribution in [1.82, 2.24) is 0 Å². The van der Waals surface area contributed by atoms with Gasteiger partial charge in [0.25, 0.3) is 0 Å². The zero-order chi connectivity index (χ0) is 21.8. The van der Waals surface area contributed by atoms with Crippen LogP contribution in [0.3, 0.4) is 0 Å². The second-order valence-corrected chi connectivity index (χ2v) is 7.86. The van der Waals surface area contributed by atoms with E-state index in [9.17, 15) is 4.79 Å². The number of benzene rings is 3. The van der Waals surface area contributed by atoms with Crippen LogP contribution in [0.2, 0.25) is 0 Å². The van der Waals surface area contributed by atoms with E-state index in [0.717, 1.165) is 16.7 Å². The lowest BCUT2D eigenvalue weighted by Gasteiger charge is -2.14. The standard InChI is InChI=1S/C25H20BrNO4/c1-16-8-10-17(11-9-16)15-30-23-20(26)12-18(14-22(23)29-2)13-21-25(28)31-24(27-21)19-6-4-3-5-7-19/h3-14H,15H2,1-2H3/b21-13-. The molecule has 1 aliphatic heterocycles. The van der Waals surface area contributed by atoms with Crippen LogP contribution in [-0.4, -0.2) is 19.0 Å². The van der Waals surface area contributed by atoms with Crippen molar-refractivity contribution < 1.29 is 19.0 Å². The Morgan fingerprint density at radius 3 is 2.52 bits per heavy atom. The SMILES string of the molecule is COc1cc(/C=C2\N=C(c3ccccc3)OC2=O)cc(Br)c1OCc1ccc(C)cc1. The van der Waals surface area contributed by atoms with Crippen molar-refractivity contribution in [1.29, 1.82) is 0 Å². The van der Waals surface area contributed by atoms with Crippen LogP contribution in [0.15, 0.2) is 81.9 Å². The summed E-state index contributed by atoms with van der Waals surface area (Å²) in [5.74, 6) is 0.939. The van der Waals surface area contributed by atoms with Crippen molar-refractivity contribution in [3.63, 3.8) is 0 Å². The van der Waals surface area contributed by atoms with Gasteiger partial charge in [0, 0.05) is 5.56 Å². The van der Waals surface area contributed by atoms with Gasteiger partial charge in [0.2, 0.25) is 5.90 Å². The second kappa shape index (κ2) is 9.18. The molecule has 3 aromatic rings. The first-order valence-electron chi connectivity index (χ1n) is 9.67. The van der Waals surface area contributed by atoms with Gasteiger partial charge < -0.3 is 14.2 Å². The Morgan fingerprint density at radius 1 is 1.06 bits per heavy atom. The van der Waals surface area contributed by atoms with Crippen LogP contribution in [0.4, 0.5) is 0 Å². The lowest BCUT2D eigenvalue weighted by molar-refractivity contribution is -0.129. The predicted molar refractivity (Wildman–Crippen MR) is 123 cm³/mol. The lowest BCUT2D eigenvalue weighted by Crippen LogP contribution is -2.05. The third-order valence-electron chi connectivity index (χ3n) is 4.70. The van der Waals surface area contributed by atoms with Gasteiger partial charge in [0.1, 0.15) is 6.61 Å². The molecule has 0 spiro atoms. The number of methoxy groups -OCH3 is 1. The molecule has 0 amide bonds. The van der Waals surface area contributed by atoms with Crippen LogP contribution in [0, 0.1) is 6.92 Å². The fourth-order valence-corrected chi connectivity index (χ4v) is 3.65. The molecule has 0 radical (unpaired) electrons. The first-order chi connectivity index (χ1) is 15.0. The molecule has 5 nitrogen and oxygen atoms in total. The first-order valence-corrected chi connectivity index (χ1v) is 10.5. The molecule has 1 aliphatic rings. The minimum atomic E-state index is -0.492. The third kappa shape index (κ3) is 4.86. The monoisotopic (exact) mass is 477 g/mol. The molecule has 0 aromatic heterocycles. The van der Waals surface area contributed by atoms with Gasteiger partial charge in [0.05, 0.1) is 11.6 Å². The normalized spacial score (nSPS) is 14.4. The number of rotatable bonds is 6. The molecule has 0 bridgehead atoms. The highest BCUT2D eigenvalue weighted by Crippen LogP contribution is 2.38. The molecule has 0 saturated carbocycles. The van der Waals surface area contributed by atoms with Crippen LogP contribution >= 0.6 is 15.9 Å². The van der Waals surface area contributed by atoms with E-state index in [4.69, 9.17) is 14.2 Å². The van der Waals surface area contributed by atoms with Crippen molar-refractivity contribution >= 4 is 33.9 Å². The maximum Gasteiger partial charge on any atom is 0.363 e. The Morgan fingerprint density at radius 2 is 1.81 bits per heavy atom. The van der Waals surface area contributed by atoms with E-state index < -0.39 is 5.97 Å².